The second-order valence-corrected chi connectivity index (χ2v) is 5.96. The number of hydrogen-bond donors (Lipinski definition) is 2. The van der Waals surface area contributed by atoms with Crippen LogP contribution in [0.25, 0.3) is 0 Å². The number of carbonyl (C=O) groups is 1. The van der Waals surface area contributed by atoms with E-state index in [1.54, 1.807) is 36.4 Å². The normalized spacial score (nSPS) is 10.5. The predicted molar refractivity (Wildman–Crippen MR) is 104 cm³/mol. The lowest BCUT2D eigenvalue weighted by atomic mass is 10.2. The van der Waals surface area contributed by atoms with Gasteiger partial charge in [0.25, 0.3) is 5.91 Å². The van der Waals surface area contributed by atoms with Gasteiger partial charge in [-0.1, -0.05) is 12.7 Å². The SMILES string of the molecule is C=CCOc1ccc(C(=O)N/N=C/c2ccc(O)c(Br)c2)cc1OCC. The van der Waals surface area contributed by atoms with E-state index in [9.17, 15) is 9.90 Å². The lowest BCUT2D eigenvalue weighted by Gasteiger charge is -2.12. The van der Waals surface area contributed by atoms with E-state index < -0.39 is 0 Å². The Bertz CT molecular complexity index is 821. The fourth-order valence-electron chi connectivity index (χ4n) is 2.02. The Morgan fingerprint density at radius 2 is 2.08 bits per heavy atom. The molecule has 6 nitrogen and oxygen atoms in total. The highest BCUT2D eigenvalue weighted by molar-refractivity contribution is 9.10. The quantitative estimate of drug-likeness (QED) is 0.387. The van der Waals surface area contributed by atoms with Gasteiger partial charge in [-0.15, -0.1) is 0 Å². The summed E-state index contributed by atoms with van der Waals surface area (Å²) in [6, 6.07) is 9.79. The van der Waals surface area contributed by atoms with E-state index in [-0.39, 0.29) is 11.7 Å². The minimum Gasteiger partial charge on any atom is -0.507 e. The zero-order valence-electron chi connectivity index (χ0n) is 14.2. The summed E-state index contributed by atoms with van der Waals surface area (Å²) in [6.07, 6.45) is 3.11. The molecule has 0 aliphatic rings. The summed E-state index contributed by atoms with van der Waals surface area (Å²) in [4.78, 5) is 12.3. The van der Waals surface area contributed by atoms with Crippen molar-refractivity contribution in [1.82, 2.24) is 5.43 Å². The van der Waals surface area contributed by atoms with E-state index in [0.29, 0.717) is 34.7 Å². The van der Waals surface area contributed by atoms with Crippen molar-refractivity contribution in [3.05, 3.63) is 64.7 Å². The van der Waals surface area contributed by atoms with Crippen LogP contribution in [0.4, 0.5) is 0 Å². The van der Waals surface area contributed by atoms with Crippen LogP contribution in [-0.4, -0.2) is 30.4 Å². The molecule has 0 radical (unpaired) electrons. The van der Waals surface area contributed by atoms with Gasteiger partial charge in [0.2, 0.25) is 0 Å². The molecule has 0 fully saturated rings. The minimum absolute atomic E-state index is 0.133. The fraction of sp³-hybridized carbons (Fsp3) is 0.158. The predicted octanol–water partition coefficient (Wildman–Crippen LogP) is 3.88. The van der Waals surface area contributed by atoms with Gasteiger partial charge in [0, 0.05) is 5.56 Å². The zero-order chi connectivity index (χ0) is 18.9. The van der Waals surface area contributed by atoms with E-state index in [2.05, 4.69) is 33.0 Å². The molecule has 0 bridgehead atoms. The number of carbonyl (C=O) groups excluding carboxylic acids is 1. The maximum Gasteiger partial charge on any atom is 0.271 e. The molecule has 0 saturated heterocycles. The molecule has 0 aliphatic heterocycles. The Morgan fingerprint density at radius 3 is 2.77 bits per heavy atom. The molecule has 2 rings (SSSR count). The van der Waals surface area contributed by atoms with Gasteiger partial charge in [0.15, 0.2) is 11.5 Å². The molecule has 2 aromatic rings. The summed E-state index contributed by atoms with van der Waals surface area (Å²) in [6.45, 7) is 6.25. The Morgan fingerprint density at radius 1 is 1.27 bits per heavy atom. The number of halogens is 1. The van der Waals surface area contributed by atoms with E-state index >= 15 is 0 Å². The lowest BCUT2D eigenvalue weighted by molar-refractivity contribution is 0.0954. The number of hydrazone groups is 1. The molecule has 2 aromatic carbocycles. The van der Waals surface area contributed by atoms with Crippen molar-refractivity contribution >= 4 is 28.1 Å². The Hall–Kier alpha value is -2.80. The summed E-state index contributed by atoms with van der Waals surface area (Å²) in [7, 11) is 0. The Balaban J connectivity index is 2.08. The van der Waals surface area contributed by atoms with Crippen molar-refractivity contribution in [2.75, 3.05) is 13.2 Å². The van der Waals surface area contributed by atoms with Crippen LogP contribution >= 0.6 is 15.9 Å². The minimum atomic E-state index is -0.379. The molecule has 0 spiro atoms. The molecule has 7 heteroatoms. The second-order valence-electron chi connectivity index (χ2n) is 5.10. The van der Waals surface area contributed by atoms with Gasteiger partial charge in [-0.3, -0.25) is 4.79 Å². The first kappa shape index (κ1) is 19.5. The summed E-state index contributed by atoms with van der Waals surface area (Å²) in [5.41, 5.74) is 3.57. The van der Waals surface area contributed by atoms with E-state index in [1.165, 1.54) is 12.3 Å². The first-order chi connectivity index (χ1) is 12.5. The van der Waals surface area contributed by atoms with Gasteiger partial charge in [-0.05, 0) is 64.8 Å². The van der Waals surface area contributed by atoms with Gasteiger partial charge in [-0.25, -0.2) is 5.43 Å². The number of rotatable bonds is 8. The number of nitrogens with zero attached hydrogens (tertiary/aromatic N) is 1. The van der Waals surface area contributed by atoms with Gasteiger partial charge >= 0.3 is 0 Å². The molecule has 136 valence electrons. The van der Waals surface area contributed by atoms with Crippen LogP contribution in [0, 0.1) is 0 Å². The summed E-state index contributed by atoms with van der Waals surface area (Å²) >= 11 is 3.22. The van der Waals surface area contributed by atoms with Gasteiger partial charge in [0.05, 0.1) is 17.3 Å². The van der Waals surface area contributed by atoms with Crippen molar-refractivity contribution in [3.8, 4) is 17.2 Å². The van der Waals surface area contributed by atoms with Gasteiger partial charge in [0.1, 0.15) is 12.4 Å². The van der Waals surface area contributed by atoms with E-state index in [0.717, 1.165) is 5.56 Å². The average Bonchev–Trinajstić information content (AvgIpc) is 2.63. The van der Waals surface area contributed by atoms with Crippen LogP contribution < -0.4 is 14.9 Å². The standard InChI is InChI=1S/C19H19BrN2O4/c1-3-9-26-17-8-6-14(11-18(17)25-4-2)19(24)22-21-12-13-5-7-16(23)15(20)10-13/h3,5-8,10-12,23H,1,4,9H2,2H3,(H,22,24)/b21-12+. The maximum atomic E-state index is 12.3. The number of amides is 1. The number of phenols is 1. The van der Waals surface area contributed by atoms with Crippen LogP contribution in [0.5, 0.6) is 17.2 Å². The topological polar surface area (TPSA) is 80.2 Å². The highest BCUT2D eigenvalue weighted by Gasteiger charge is 2.11. The third kappa shape index (κ3) is 5.35. The highest BCUT2D eigenvalue weighted by Crippen LogP contribution is 2.28. The molecule has 0 saturated carbocycles. The molecular weight excluding hydrogens is 400 g/mol. The number of phenolic OH excluding ortho intramolecular Hbond substituents is 1. The number of aromatic hydroxyl groups is 1. The summed E-state index contributed by atoms with van der Waals surface area (Å²) in [5.74, 6) is 0.776. The van der Waals surface area contributed by atoms with Crippen molar-refractivity contribution in [3.63, 3.8) is 0 Å². The largest absolute Gasteiger partial charge is 0.507 e. The van der Waals surface area contributed by atoms with Crippen LogP contribution in [0.2, 0.25) is 0 Å². The number of benzene rings is 2. The molecule has 0 atom stereocenters. The first-order valence-corrected chi connectivity index (χ1v) is 8.67. The molecular formula is C19H19BrN2O4. The van der Waals surface area contributed by atoms with Crippen LogP contribution in [0.15, 0.2) is 58.6 Å². The molecule has 26 heavy (non-hydrogen) atoms. The zero-order valence-corrected chi connectivity index (χ0v) is 15.8. The summed E-state index contributed by atoms with van der Waals surface area (Å²) in [5, 5.41) is 13.4. The first-order valence-electron chi connectivity index (χ1n) is 7.87. The second kappa shape index (κ2) is 9.62. The lowest BCUT2D eigenvalue weighted by Crippen LogP contribution is -2.17. The molecule has 0 heterocycles. The smallest absolute Gasteiger partial charge is 0.271 e. The van der Waals surface area contributed by atoms with E-state index in [1.807, 2.05) is 6.92 Å². The van der Waals surface area contributed by atoms with Crippen LogP contribution in [0.3, 0.4) is 0 Å². The van der Waals surface area contributed by atoms with Crippen molar-refractivity contribution in [2.45, 2.75) is 6.92 Å². The number of ether oxygens (including phenoxy) is 2. The molecule has 1 amide bonds. The third-order valence-electron chi connectivity index (χ3n) is 3.21. The molecule has 0 aromatic heterocycles. The monoisotopic (exact) mass is 418 g/mol. The number of hydrogen-bond acceptors (Lipinski definition) is 5. The maximum absolute atomic E-state index is 12.3. The van der Waals surface area contributed by atoms with Crippen molar-refractivity contribution in [1.29, 1.82) is 0 Å². The Labute approximate surface area is 160 Å². The van der Waals surface area contributed by atoms with E-state index in [4.69, 9.17) is 9.47 Å². The third-order valence-corrected chi connectivity index (χ3v) is 3.85. The van der Waals surface area contributed by atoms with Crippen molar-refractivity contribution in [2.24, 2.45) is 5.10 Å². The molecule has 0 unspecified atom stereocenters. The average molecular weight is 419 g/mol. The van der Waals surface area contributed by atoms with Crippen LogP contribution in [-0.2, 0) is 0 Å². The van der Waals surface area contributed by atoms with Gasteiger partial charge < -0.3 is 14.6 Å². The Kier molecular flexibility index (Phi) is 7.23. The fourth-order valence-corrected chi connectivity index (χ4v) is 2.42. The van der Waals surface area contributed by atoms with Gasteiger partial charge in [-0.2, -0.15) is 5.10 Å². The summed E-state index contributed by atoms with van der Waals surface area (Å²) < 4.78 is 11.6. The molecule has 0 aliphatic carbocycles. The molecule has 2 N–H and O–H groups in total. The highest BCUT2D eigenvalue weighted by atomic mass is 79.9. The van der Waals surface area contributed by atoms with Crippen molar-refractivity contribution < 1.29 is 19.4 Å². The number of nitrogens with one attached hydrogen (secondary N) is 1. The van der Waals surface area contributed by atoms with Crippen LogP contribution in [0.1, 0.15) is 22.8 Å².